The van der Waals surface area contributed by atoms with Crippen molar-refractivity contribution in [2.45, 2.75) is 19.4 Å². The highest BCUT2D eigenvalue weighted by Gasteiger charge is 2.25. The number of nitrogens with zero attached hydrogens (tertiary/aromatic N) is 4. The van der Waals surface area contributed by atoms with Gasteiger partial charge in [0, 0.05) is 44.0 Å². The number of imidazole rings is 1. The van der Waals surface area contributed by atoms with Crippen LogP contribution < -0.4 is 5.32 Å². The van der Waals surface area contributed by atoms with Gasteiger partial charge in [0.2, 0.25) is 0 Å². The number of carboxylic acids is 1. The van der Waals surface area contributed by atoms with E-state index in [0.717, 1.165) is 28.9 Å². The third-order valence-electron chi connectivity index (χ3n) is 5.64. The minimum absolute atomic E-state index is 0.0715. The predicted octanol–water partition coefficient (Wildman–Crippen LogP) is 3.00. The molecule has 4 heterocycles. The van der Waals surface area contributed by atoms with E-state index >= 15 is 8.78 Å². The summed E-state index contributed by atoms with van der Waals surface area (Å²) in [6, 6.07) is 7.26. The van der Waals surface area contributed by atoms with E-state index in [1.54, 1.807) is 0 Å². The predicted molar refractivity (Wildman–Crippen MR) is 116 cm³/mol. The first-order valence-electron chi connectivity index (χ1n) is 10.5. The molecule has 0 spiro atoms. The van der Waals surface area contributed by atoms with Gasteiger partial charge in [-0.1, -0.05) is 0 Å². The normalized spacial score (nSPS) is 16.4. The number of carbonyl (C=O) groups is 1. The third-order valence-corrected chi connectivity index (χ3v) is 5.64. The Morgan fingerprint density at radius 3 is 2.70 bits per heavy atom. The number of fused-ring (bicyclic) bond motifs is 1. The average molecular weight is 453 g/mol. The van der Waals surface area contributed by atoms with Crippen LogP contribution in [-0.4, -0.2) is 56.0 Å². The van der Waals surface area contributed by atoms with Crippen molar-refractivity contribution >= 4 is 11.6 Å². The highest BCUT2D eigenvalue weighted by molar-refractivity contribution is 5.85. The lowest BCUT2D eigenvalue weighted by Crippen LogP contribution is -2.39. The standard InChI is InChI=1S/C23H21F2N5O3/c1-13-2-5-29-19(11-15-12-26-4-7-33-15)22(27-20(29)8-13)21-16(24)9-14(10-17(21)25)30-6-3-18(28-30)23(31)32/h2-3,5-6,8-10,15,26H,4,7,11-12H2,1H3,(H,31,32)/t15-/m0/s1. The molecule has 10 heteroatoms. The maximum atomic E-state index is 15.3. The number of nitrogens with one attached hydrogen (secondary N) is 1. The molecule has 170 valence electrons. The lowest BCUT2D eigenvalue weighted by molar-refractivity contribution is 0.0286. The van der Waals surface area contributed by atoms with Crippen LogP contribution in [0.5, 0.6) is 0 Å². The summed E-state index contributed by atoms with van der Waals surface area (Å²) in [5.74, 6) is -2.86. The summed E-state index contributed by atoms with van der Waals surface area (Å²) in [6.07, 6.45) is 3.45. The molecule has 0 bridgehead atoms. The second-order valence-corrected chi connectivity index (χ2v) is 7.98. The van der Waals surface area contributed by atoms with E-state index < -0.39 is 17.6 Å². The van der Waals surface area contributed by atoms with Gasteiger partial charge >= 0.3 is 5.97 Å². The molecule has 4 aromatic rings. The van der Waals surface area contributed by atoms with E-state index in [1.165, 1.54) is 12.3 Å². The molecule has 0 aliphatic carbocycles. The summed E-state index contributed by atoms with van der Waals surface area (Å²) < 4.78 is 39.4. The molecule has 0 radical (unpaired) electrons. The summed E-state index contributed by atoms with van der Waals surface area (Å²) in [7, 11) is 0. The topological polar surface area (TPSA) is 93.7 Å². The summed E-state index contributed by atoms with van der Waals surface area (Å²) in [5.41, 5.74) is 2.03. The molecule has 1 atom stereocenters. The number of ether oxygens (including phenoxy) is 1. The maximum absolute atomic E-state index is 15.3. The van der Waals surface area contributed by atoms with Crippen LogP contribution in [-0.2, 0) is 11.2 Å². The average Bonchev–Trinajstić information content (AvgIpc) is 3.40. The molecule has 8 nitrogen and oxygen atoms in total. The number of aromatic nitrogens is 4. The summed E-state index contributed by atoms with van der Waals surface area (Å²) >= 11 is 0. The molecule has 33 heavy (non-hydrogen) atoms. The fraction of sp³-hybridized carbons (Fsp3) is 0.261. The maximum Gasteiger partial charge on any atom is 0.356 e. The molecule has 1 aliphatic rings. The van der Waals surface area contributed by atoms with E-state index in [0.29, 0.717) is 30.9 Å². The molecule has 0 unspecified atom stereocenters. The first kappa shape index (κ1) is 21.2. The number of hydrogen-bond donors (Lipinski definition) is 2. The van der Waals surface area contributed by atoms with Gasteiger partial charge in [-0.25, -0.2) is 23.2 Å². The van der Waals surface area contributed by atoms with Gasteiger partial charge in [0.1, 0.15) is 17.3 Å². The zero-order valence-electron chi connectivity index (χ0n) is 17.8. The molecule has 1 aromatic carbocycles. The Morgan fingerprint density at radius 1 is 1.24 bits per heavy atom. The number of morpholine rings is 1. The number of hydrogen-bond acceptors (Lipinski definition) is 5. The largest absolute Gasteiger partial charge is 0.476 e. The number of halogens is 2. The van der Waals surface area contributed by atoms with Crippen LogP contribution in [0.25, 0.3) is 22.6 Å². The second-order valence-electron chi connectivity index (χ2n) is 7.98. The Hall–Kier alpha value is -3.63. The van der Waals surface area contributed by atoms with Crippen LogP contribution in [0.2, 0.25) is 0 Å². The number of aromatic carboxylic acids is 1. The van der Waals surface area contributed by atoms with Gasteiger partial charge < -0.3 is 19.6 Å². The van der Waals surface area contributed by atoms with Crippen molar-refractivity contribution in [1.29, 1.82) is 0 Å². The quantitative estimate of drug-likeness (QED) is 0.483. The Morgan fingerprint density at radius 2 is 2.03 bits per heavy atom. The van der Waals surface area contributed by atoms with E-state index in [4.69, 9.17) is 9.84 Å². The lowest BCUT2D eigenvalue weighted by atomic mass is 10.0. The first-order valence-corrected chi connectivity index (χ1v) is 10.5. The van der Waals surface area contributed by atoms with Crippen LogP contribution >= 0.6 is 0 Å². The van der Waals surface area contributed by atoms with Crippen LogP contribution in [0.3, 0.4) is 0 Å². The Bertz CT molecular complexity index is 1330. The fourth-order valence-corrected chi connectivity index (χ4v) is 4.06. The van der Waals surface area contributed by atoms with E-state index in [1.807, 2.05) is 29.7 Å². The molecule has 1 aliphatic heterocycles. The van der Waals surface area contributed by atoms with E-state index in [2.05, 4.69) is 15.4 Å². The fourth-order valence-electron chi connectivity index (χ4n) is 4.06. The molecule has 5 rings (SSSR count). The number of rotatable bonds is 5. The molecule has 0 saturated carbocycles. The van der Waals surface area contributed by atoms with Crippen molar-refractivity contribution < 1.29 is 23.4 Å². The summed E-state index contributed by atoms with van der Waals surface area (Å²) in [6.45, 7) is 3.88. The highest BCUT2D eigenvalue weighted by Crippen LogP contribution is 2.32. The summed E-state index contributed by atoms with van der Waals surface area (Å²) in [4.78, 5) is 15.6. The minimum Gasteiger partial charge on any atom is -0.476 e. The first-order chi connectivity index (χ1) is 15.9. The zero-order valence-corrected chi connectivity index (χ0v) is 17.8. The van der Waals surface area contributed by atoms with Crippen molar-refractivity contribution in [3.63, 3.8) is 0 Å². The number of benzene rings is 1. The van der Waals surface area contributed by atoms with Crippen LogP contribution in [0.4, 0.5) is 8.78 Å². The zero-order chi connectivity index (χ0) is 23.1. The second kappa shape index (κ2) is 8.38. The van der Waals surface area contributed by atoms with E-state index in [9.17, 15) is 4.79 Å². The smallest absolute Gasteiger partial charge is 0.356 e. The van der Waals surface area contributed by atoms with Crippen molar-refractivity contribution in [3.8, 4) is 16.9 Å². The monoisotopic (exact) mass is 453 g/mol. The van der Waals surface area contributed by atoms with E-state index in [-0.39, 0.29) is 28.7 Å². The van der Waals surface area contributed by atoms with Gasteiger partial charge in [0.25, 0.3) is 0 Å². The van der Waals surface area contributed by atoms with Gasteiger partial charge in [-0.05, 0) is 30.7 Å². The van der Waals surface area contributed by atoms with Crippen molar-refractivity contribution in [2.75, 3.05) is 19.7 Å². The SMILES string of the molecule is Cc1ccn2c(C[C@H]3CNCCO3)c(-c3c(F)cc(-n4ccc(C(=O)O)n4)cc3F)nc2c1. The molecule has 0 amide bonds. The number of pyridine rings is 1. The lowest BCUT2D eigenvalue weighted by Gasteiger charge is -2.24. The number of aryl methyl sites for hydroxylation is 1. The summed E-state index contributed by atoms with van der Waals surface area (Å²) in [5, 5.41) is 16.2. The Kier molecular flexibility index (Phi) is 5.39. The van der Waals surface area contributed by atoms with Crippen LogP contribution in [0.15, 0.2) is 42.7 Å². The molecule has 1 fully saturated rings. The molecule has 1 saturated heterocycles. The van der Waals surface area contributed by atoms with Gasteiger partial charge in [0.15, 0.2) is 5.69 Å². The van der Waals surface area contributed by atoms with Crippen LogP contribution in [0.1, 0.15) is 21.7 Å². The highest BCUT2D eigenvalue weighted by atomic mass is 19.1. The number of carboxylic acid groups (broad SMARTS) is 1. The van der Waals surface area contributed by atoms with Crippen molar-refractivity contribution in [3.05, 3.63) is 71.3 Å². The molecular weight excluding hydrogens is 432 g/mol. The minimum atomic E-state index is -1.23. The molecular formula is C23H21F2N5O3. The van der Waals surface area contributed by atoms with Gasteiger partial charge in [-0.15, -0.1) is 0 Å². The Labute approximate surface area is 187 Å². The third kappa shape index (κ3) is 3.98. The molecule has 2 N–H and O–H groups in total. The van der Waals surface area contributed by atoms with Gasteiger partial charge in [-0.3, -0.25) is 0 Å². The van der Waals surface area contributed by atoms with Gasteiger partial charge in [0.05, 0.1) is 35.3 Å². The van der Waals surface area contributed by atoms with Gasteiger partial charge in [-0.2, -0.15) is 5.10 Å². The van der Waals surface area contributed by atoms with Crippen molar-refractivity contribution in [1.82, 2.24) is 24.5 Å². The van der Waals surface area contributed by atoms with Crippen molar-refractivity contribution in [2.24, 2.45) is 0 Å². The van der Waals surface area contributed by atoms with Crippen LogP contribution in [0, 0.1) is 18.6 Å². The Balaban J connectivity index is 1.61. The molecule has 3 aromatic heterocycles.